The predicted molar refractivity (Wildman–Crippen MR) is 72.4 cm³/mol. The number of rotatable bonds is 6. The summed E-state index contributed by atoms with van der Waals surface area (Å²) in [6, 6.07) is 5.48. The minimum absolute atomic E-state index is 0.0154. The van der Waals surface area contributed by atoms with Crippen LogP contribution in [0, 0.1) is 12.8 Å². The number of carbonyl (C=O) groups is 2. The first-order valence-corrected chi connectivity index (χ1v) is 6.08. The van der Waals surface area contributed by atoms with Crippen LogP contribution in [0.25, 0.3) is 0 Å². The molecule has 0 bridgehead atoms. The van der Waals surface area contributed by atoms with E-state index in [9.17, 15) is 9.59 Å². The van der Waals surface area contributed by atoms with Gasteiger partial charge in [-0.25, -0.2) is 0 Å². The third kappa shape index (κ3) is 4.99. The minimum Gasteiger partial charge on any atom is -0.495 e. The van der Waals surface area contributed by atoms with Crippen LogP contribution in [0.3, 0.4) is 0 Å². The van der Waals surface area contributed by atoms with Gasteiger partial charge in [-0.1, -0.05) is 13.0 Å². The molecule has 1 aromatic rings. The van der Waals surface area contributed by atoms with E-state index in [0.29, 0.717) is 11.4 Å². The maximum Gasteiger partial charge on any atom is 0.303 e. The fourth-order valence-electron chi connectivity index (χ4n) is 1.79. The van der Waals surface area contributed by atoms with Crippen LogP contribution in [0.4, 0.5) is 5.69 Å². The number of carboxylic acids is 1. The summed E-state index contributed by atoms with van der Waals surface area (Å²) in [6.07, 6.45) is 0.155. The summed E-state index contributed by atoms with van der Waals surface area (Å²) in [7, 11) is 1.54. The third-order valence-electron chi connectivity index (χ3n) is 2.69. The van der Waals surface area contributed by atoms with Crippen molar-refractivity contribution in [3.05, 3.63) is 23.8 Å². The molecule has 5 nitrogen and oxygen atoms in total. The second-order valence-corrected chi connectivity index (χ2v) is 4.66. The lowest BCUT2D eigenvalue weighted by Gasteiger charge is -2.12. The summed E-state index contributed by atoms with van der Waals surface area (Å²) in [5.74, 6) is -0.711. The Hall–Kier alpha value is -2.04. The Bertz CT molecular complexity index is 471. The first-order chi connectivity index (χ1) is 8.92. The molecule has 0 aliphatic carbocycles. The number of carboxylic acid groups (broad SMARTS) is 1. The van der Waals surface area contributed by atoms with Crippen LogP contribution in [0.5, 0.6) is 5.75 Å². The molecule has 0 saturated heterocycles. The van der Waals surface area contributed by atoms with Gasteiger partial charge in [0.05, 0.1) is 12.8 Å². The molecule has 0 aliphatic rings. The minimum atomic E-state index is -0.895. The van der Waals surface area contributed by atoms with Crippen LogP contribution < -0.4 is 10.1 Å². The summed E-state index contributed by atoms with van der Waals surface area (Å²) in [5.41, 5.74) is 1.63. The van der Waals surface area contributed by atoms with Crippen LogP contribution in [0.15, 0.2) is 18.2 Å². The topological polar surface area (TPSA) is 75.6 Å². The van der Waals surface area contributed by atoms with Crippen molar-refractivity contribution < 1.29 is 19.4 Å². The maximum absolute atomic E-state index is 11.8. The highest BCUT2D eigenvalue weighted by Crippen LogP contribution is 2.25. The standard InChI is InChI=1S/C14H19NO4/c1-9-4-5-11(12(6-9)19-3)15-13(16)7-10(2)8-14(17)18/h4-6,10H,7-8H2,1-3H3,(H,15,16)(H,17,18). The Labute approximate surface area is 112 Å². The highest BCUT2D eigenvalue weighted by atomic mass is 16.5. The van der Waals surface area contributed by atoms with E-state index in [1.807, 2.05) is 19.1 Å². The molecule has 0 fully saturated rings. The second kappa shape index (κ2) is 6.78. The normalized spacial score (nSPS) is 11.7. The van der Waals surface area contributed by atoms with Crippen molar-refractivity contribution in [2.75, 3.05) is 12.4 Å². The highest BCUT2D eigenvalue weighted by molar-refractivity contribution is 5.92. The van der Waals surface area contributed by atoms with Crippen molar-refractivity contribution in [2.24, 2.45) is 5.92 Å². The molecule has 0 heterocycles. The van der Waals surface area contributed by atoms with Gasteiger partial charge >= 0.3 is 5.97 Å². The molecule has 0 aromatic heterocycles. The third-order valence-corrected chi connectivity index (χ3v) is 2.69. The number of aryl methyl sites for hydroxylation is 1. The van der Waals surface area contributed by atoms with E-state index in [1.165, 1.54) is 7.11 Å². The van der Waals surface area contributed by atoms with E-state index in [2.05, 4.69) is 5.32 Å². The summed E-state index contributed by atoms with van der Waals surface area (Å²) in [5, 5.41) is 11.4. The lowest BCUT2D eigenvalue weighted by molar-refractivity contribution is -0.138. The molecule has 0 saturated carbocycles. The van der Waals surface area contributed by atoms with Gasteiger partial charge in [0.2, 0.25) is 5.91 Å². The monoisotopic (exact) mass is 265 g/mol. The van der Waals surface area contributed by atoms with E-state index in [4.69, 9.17) is 9.84 Å². The fourth-order valence-corrected chi connectivity index (χ4v) is 1.79. The number of benzene rings is 1. The first kappa shape index (κ1) is 15.0. The molecule has 1 rings (SSSR count). The van der Waals surface area contributed by atoms with Gasteiger partial charge in [-0.3, -0.25) is 9.59 Å². The van der Waals surface area contributed by atoms with E-state index < -0.39 is 5.97 Å². The Morgan fingerprint density at radius 1 is 1.37 bits per heavy atom. The van der Waals surface area contributed by atoms with Gasteiger partial charge in [0, 0.05) is 12.8 Å². The number of aliphatic carboxylic acids is 1. The van der Waals surface area contributed by atoms with E-state index in [1.54, 1.807) is 13.0 Å². The number of ether oxygens (including phenoxy) is 1. The van der Waals surface area contributed by atoms with Gasteiger partial charge in [-0.15, -0.1) is 0 Å². The molecule has 1 atom stereocenters. The predicted octanol–water partition coefficient (Wildman–Crippen LogP) is 2.44. The zero-order chi connectivity index (χ0) is 14.4. The van der Waals surface area contributed by atoms with Crippen molar-refractivity contribution >= 4 is 17.6 Å². The number of nitrogens with one attached hydrogen (secondary N) is 1. The van der Waals surface area contributed by atoms with Crippen molar-refractivity contribution in [3.8, 4) is 5.75 Å². The van der Waals surface area contributed by atoms with Crippen molar-refractivity contribution in [2.45, 2.75) is 26.7 Å². The number of hydrogen-bond donors (Lipinski definition) is 2. The van der Waals surface area contributed by atoms with Crippen LogP contribution in [-0.2, 0) is 9.59 Å². The molecule has 19 heavy (non-hydrogen) atoms. The van der Waals surface area contributed by atoms with Crippen molar-refractivity contribution in [1.29, 1.82) is 0 Å². The smallest absolute Gasteiger partial charge is 0.303 e. The Morgan fingerprint density at radius 2 is 2.05 bits per heavy atom. The fraction of sp³-hybridized carbons (Fsp3) is 0.429. The molecule has 0 radical (unpaired) electrons. The highest BCUT2D eigenvalue weighted by Gasteiger charge is 2.14. The Balaban J connectivity index is 2.64. The summed E-state index contributed by atoms with van der Waals surface area (Å²) >= 11 is 0. The number of hydrogen-bond acceptors (Lipinski definition) is 3. The lowest BCUT2D eigenvalue weighted by Crippen LogP contribution is -2.17. The van der Waals surface area contributed by atoms with Gasteiger partial charge in [0.1, 0.15) is 5.75 Å². The zero-order valence-corrected chi connectivity index (χ0v) is 11.4. The molecular formula is C14H19NO4. The maximum atomic E-state index is 11.8. The van der Waals surface area contributed by atoms with Gasteiger partial charge in [0.25, 0.3) is 0 Å². The molecule has 104 valence electrons. The molecule has 1 amide bonds. The largest absolute Gasteiger partial charge is 0.495 e. The molecule has 2 N–H and O–H groups in total. The molecule has 5 heteroatoms. The quantitative estimate of drug-likeness (QED) is 0.828. The zero-order valence-electron chi connectivity index (χ0n) is 11.4. The van der Waals surface area contributed by atoms with Crippen LogP contribution in [0.2, 0.25) is 0 Å². The second-order valence-electron chi connectivity index (χ2n) is 4.66. The lowest BCUT2D eigenvalue weighted by atomic mass is 10.0. The number of methoxy groups -OCH3 is 1. The number of anilines is 1. The SMILES string of the molecule is COc1cc(C)ccc1NC(=O)CC(C)CC(=O)O. The Kier molecular flexibility index (Phi) is 5.36. The molecule has 1 unspecified atom stereocenters. The van der Waals surface area contributed by atoms with Crippen LogP contribution in [-0.4, -0.2) is 24.1 Å². The van der Waals surface area contributed by atoms with Crippen LogP contribution >= 0.6 is 0 Å². The van der Waals surface area contributed by atoms with Gasteiger partial charge in [-0.2, -0.15) is 0 Å². The molecule has 0 spiro atoms. The molecular weight excluding hydrogens is 246 g/mol. The van der Waals surface area contributed by atoms with Crippen molar-refractivity contribution in [3.63, 3.8) is 0 Å². The number of carbonyl (C=O) groups excluding carboxylic acids is 1. The van der Waals surface area contributed by atoms with Gasteiger partial charge in [-0.05, 0) is 30.5 Å². The van der Waals surface area contributed by atoms with E-state index in [0.717, 1.165) is 5.56 Å². The average Bonchev–Trinajstić information content (AvgIpc) is 2.30. The first-order valence-electron chi connectivity index (χ1n) is 6.08. The van der Waals surface area contributed by atoms with E-state index in [-0.39, 0.29) is 24.7 Å². The number of amides is 1. The summed E-state index contributed by atoms with van der Waals surface area (Å²) in [6.45, 7) is 3.67. The summed E-state index contributed by atoms with van der Waals surface area (Å²) < 4.78 is 5.19. The van der Waals surface area contributed by atoms with Crippen LogP contribution in [0.1, 0.15) is 25.3 Å². The molecule has 1 aromatic carbocycles. The average molecular weight is 265 g/mol. The van der Waals surface area contributed by atoms with E-state index >= 15 is 0 Å². The Morgan fingerprint density at radius 3 is 2.63 bits per heavy atom. The summed E-state index contributed by atoms with van der Waals surface area (Å²) in [4.78, 5) is 22.3. The van der Waals surface area contributed by atoms with Gasteiger partial charge < -0.3 is 15.2 Å². The van der Waals surface area contributed by atoms with Crippen molar-refractivity contribution in [1.82, 2.24) is 0 Å². The van der Waals surface area contributed by atoms with Gasteiger partial charge in [0.15, 0.2) is 0 Å². The molecule has 0 aliphatic heterocycles.